The Bertz CT molecular complexity index is 2070. The predicted octanol–water partition coefficient (Wildman–Crippen LogP) is 2.54. The Morgan fingerprint density at radius 3 is 2.52 bits per heavy atom. The summed E-state index contributed by atoms with van der Waals surface area (Å²) >= 11 is 0. The number of oxime groups is 1. The van der Waals surface area contributed by atoms with E-state index < -0.39 is 28.9 Å². The number of anilines is 2. The number of nitrogens with zero attached hydrogens (tertiary/aromatic N) is 8. The number of carbonyl (C=O) groups is 3. The van der Waals surface area contributed by atoms with Crippen LogP contribution in [0.15, 0.2) is 52.7 Å². The van der Waals surface area contributed by atoms with Crippen LogP contribution >= 0.6 is 0 Å². The van der Waals surface area contributed by atoms with Crippen LogP contribution in [0.5, 0.6) is 0 Å². The molecule has 2 fully saturated rings. The van der Waals surface area contributed by atoms with Gasteiger partial charge in [0.15, 0.2) is 5.71 Å². The average Bonchev–Trinajstić information content (AvgIpc) is 3.77. The molecular formula is C32H30F2N8O6. The molecular weight excluding hydrogens is 630 g/mol. The molecule has 0 spiro atoms. The Hall–Kier alpha value is -5.67. The van der Waals surface area contributed by atoms with Crippen molar-refractivity contribution >= 4 is 45.8 Å². The van der Waals surface area contributed by atoms with Crippen molar-refractivity contribution in [1.82, 2.24) is 24.5 Å². The summed E-state index contributed by atoms with van der Waals surface area (Å²) < 4.78 is 32.4. The topological polar surface area (TPSA) is 155 Å². The van der Waals surface area contributed by atoms with Crippen molar-refractivity contribution in [3.05, 3.63) is 81.4 Å². The van der Waals surface area contributed by atoms with Crippen LogP contribution in [0.1, 0.15) is 47.4 Å². The van der Waals surface area contributed by atoms with Gasteiger partial charge in [0.1, 0.15) is 36.0 Å². The Kier molecular flexibility index (Phi) is 7.85. The van der Waals surface area contributed by atoms with E-state index >= 15 is 4.39 Å². The van der Waals surface area contributed by atoms with Crippen molar-refractivity contribution in [2.45, 2.75) is 38.9 Å². The number of carboxylic acids is 1. The summed E-state index contributed by atoms with van der Waals surface area (Å²) in [6.07, 6.45) is 4.58. The van der Waals surface area contributed by atoms with E-state index in [1.54, 1.807) is 33.6 Å². The number of piperazine rings is 1. The fourth-order valence-electron chi connectivity index (χ4n) is 6.15. The number of aromatic carboxylic acids is 1. The van der Waals surface area contributed by atoms with Gasteiger partial charge in [-0.25, -0.2) is 18.3 Å². The highest BCUT2D eigenvalue weighted by Crippen LogP contribution is 2.38. The van der Waals surface area contributed by atoms with Crippen molar-refractivity contribution in [3.63, 3.8) is 0 Å². The molecule has 2 aliphatic heterocycles. The molecule has 0 unspecified atom stereocenters. The highest BCUT2D eigenvalue weighted by Gasteiger charge is 2.36. The van der Waals surface area contributed by atoms with Gasteiger partial charge in [0, 0.05) is 49.4 Å². The number of aromatic nitrogens is 4. The number of hydrogen-bond acceptors (Lipinski definition) is 9. The second-order valence-corrected chi connectivity index (χ2v) is 11.8. The lowest BCUT2D eigenvalue weighted by atomic mass is 10.1. The first-order valence-electron chi connectivity index (χ1n) is 15.5. The maximum Gasteiger partial charge on any atom is 0.341 e. The van der Waals surface area contributed by atoms with Gasteiger partial charge in [-0.1, -0.05) is 10.4 Å². The molecule has 1 saturated carbocycles. The van der Waals surface area contributed by atoms with Gasteiger partial charge in [-0.15, -0.1) is 5.10 Å². The van der Waals surface area contributed by atoms with Crippen LogP contribution in [-0.4, -0.2) is 85.8 Å². The second-order valence-electron chi connectivity index (χ2n) is 11.8. The van der Waals surface area contributed by atoms with E-state index in [9.17, 15) is 28.7 Å². The molecule has 1 aliphatic carbocycles. The third kappa shape index (κ3) is 5.62. The summed E-state index contributed by atoms with van der Waals surface area (Å²) in [4.78, 5) is 60.6. The Balaban J connectivity index is 1.01. The first-order valence-corrected chi connectivity index (χ1v) is 15.5. The van der Waals surface area contributed by atoms with Gasteiger partial charge in [-0.05, 0) is 50.1 Å². The van der Waals surface area contributed by atoms with Gasteiger partial charge in [0.25, 0.3) is 5.91 Å². The van der Waals surface area contributed by atoms with E-state index in [1.165, 1.54) is 34.0 Å². The molecule has 2 aromatic heterocycles. The summed E-state index contributed by atoms with van der Waals surface area (Å²) in [5.74, 6) is -3.21. The second kappa shape index (κ2) is 12.2. The van der Waals surface area contributed by atoms with Crippen molar-refractivity contribution in [2.24, 2.45) is 5.16 Å². The molecule has 14 nitrogen and oxygen atoms in total. The minimum Gasteiger partial charge on any atom is -0.477 e. The maximum atomic E-state index is 15.4. The zero-order valence-corrected chi connectivity index (χ0v) is 25.8. The minimum atomic E-state index is -1.35. The number of pyridine rings is 1. The first-order chi connectivity index (χ1) is 23.1. The van der Waals surface area contributed by atoms with E-state index in [4.69, 9.17) is 4.84 Å². The zero-order valence-electron chi connectivity index (χ0n) is 25.8. The van der Waals surface area contributed by atoms with E-state index in [0.29, 0.717) is 48.6 Å². The largest absolute Gasteiger partial charge is 0.477 e. The SMILES string of the molecule is CCO/N=C1/C(=O)N(Cc2cn(CC(=O)N3CCN(c4cc5c(cc4F)c(=O)c(C(=O)O)cn5C4CC4)CC3)nn2)c2ccc(F)cc21. The van der Waals surface area contributed by atoms with Crippen LogP contribution < -0.4 is 15.2 Å². The van der Waals surface area contributed by atoms with Gasteiger partial charge in [-0.2, -0.15) is 0 Å². The van der Waals surface area contributed by atoms with Crippen LogP contribution in [0.3, 0.4) is 0 Å². The quantitative estimate of drug-likeness (QED) is 0.267. The fraction of sp³-hybridized carbons (Fsp3) is 0.344. The number of carboxylic acid groups (broad SMARTS) is 1. The van der Waals surface area contributed by atoms with Crippen LogP contribution in [-0.2, 0) is 27.5 Å². The first kappa shape index (κ1) is 31.0. The molecule has 248 valence electrons. The summed E-state index contributed by atoms with van der Waals surface area (Å²) in [6, 6.07) is 6.70. The monoisotopic (exact) mass is 660 g/mol. The normalized spacial score (nSPS) is 17.0. The number of hydrogen-bond donors (Lipinski definition) is 1. The standard InChI is InChI=1S/C32H30F2N8O6/c1-2-48-36-29-21-11-18(33)3-6-25(21)42(31(29)45)15-19-14-40(37-35-19)17-28(43)39-9-7-38(8-10-39)27-13-26-22(12-24(27)34)30(44)23(32(46)47)16-41(26)20-4-5-20/h3,6,11-14,16,20H,2,4-5,7-10,15,17H2,1H3,(H,46,47)/b36-29+. The molecule has 0 atom stereocenters. The van der Waals surface area contributed by atoms with Crippen LogP contribution in [0.2, 0.25) is 0 Å². The maximum absolute atomic E-state index is 15.4. The molecule has 3 aliphatic rings. The number of carbonyl (C=O) groups excluding carboxylic acids is 2. The fourth-order valence-corrected chi connectivity index (χ4v) is 6.15. The lowest BCUT2D eigenvalue weighted by Gasteiger charge is -2.36. The highest BCUT2D eigenvalue weighted by atomic mass is 19.1. The lowest BCUT2D eigenvalue weighted by molar-refractivity contribution is -0.132. The molecule has 16 heteroatoms. The number of rotatable bonds is 9. The molecule has 1 saturated heterocycles. The van der Waals surface area contributed by atoms with E-state index in [2.05, 4.69) is 15.5 Å². The van der Waals surface area contributed by atoms with Crippen molar-refractivity contribution in [3.8, 4) is 0 Å². The van der Waals surface area contributed by atoms with Gasteiger partial charge >= 0.3 is 5.97 Å². The highest BCUT2D eigenvalue weighted by molar-refractivity contribution is 6.54. The molecule has 2 aromatic carbocycles. The van der Waals surface area contributed by atoms with Crippen molar-refractivity contribution in [2.75, 3.05) is 42.6 Å². The third-order valence-electron chi connectivity index (χ3n) is 8.69. The molecule has 4 aromatic rings. The van der Waals surface area contributed by atoms with E-state index in [-0.39, 0.29) is 54.0 Å². The lowest BCUT2D eigenvalue weighted by Crippen LogP contribution is -2.50. The number of fused-ring (bicyclic) bond motifs is 2. The smallest absolute Gasteiger partial charge is 0.341 e. The molecule has 2 amide bonds. The molecule has 7 rings (SSSR count). The minimum absolute atomic E-state index is 0.0128. The van der Waals surface area contributed by atoms with Gasteiger partial charge < -0.3 is 29.2 Å². The van der Waals surface area contributed by atoms with Crippen LogP contribution in [0, 0.1) is 11.6 Å². The van der Waals surface area contributed by atoms with Gasteiger partial charge in [0.2, 0.25) is 11.3 Å². The average molecular weight is 661 g/mol. The summed E-state index contributed by atoms with van der Waals surface area (Å²) in [7, 11) is 0. The number of amides is 2. The predicted molar refractivity (Wildman–Crippen MR) is 168 cm³/mol. The third-order valence-corrected chi connectivity index (χ3v) is 8.69. The summed E-state index contributed by atoms with van der Waals surface area (Å²) in [5.41, 5.74) is 0.799. The van der Waals surface area contributed by atoms with Gasteiger partial charge in [-0.3, -0.25) is 14.4 Å². The molecule has 0 bridgehead atoms. The molecule has 4 heterocycles. The molecule has 1 N–H and O–H groups in total. The number of halogens is 2. The van der Waals surface area contributed by atoms with Crippen molar-refractivity contribution in [1.29, 1.82) is 0 Å². The Morgan fingerprint density at radius 1 is 1.04 bits per heavy atom. The summed E-state index contributed by atoms with van der Waals surface area (Å²) in [6.45, 7) is 3.14. The Morgan fingerprint density at radius 2 is 1.81 bits per heavy atom. The Labute approximate surface area is 271 Å². The van der Waals surface area contributed by atoms with Crippen LogP contribution in [0.25, 0.3) is 10.9 Å². The van der Waals surface area contributed by atoms with Crippen LogP contribution in [0.4, 0.5) is 20.2 Å². The van der Waals surface area contributed by atoms with Crippen molar-refractivity contribution < 1.29 is 33.1 Å². The zero-order chi connectivity index (χ0) is 33.7. The molecule has 0 radical (unpaired) electrons. The van der Waals surface area contributed by atoms with E-state index in [1.807, 2.05) is 0 Å². The molecule has 48 heavy (non-hydrogen) atoms. The summed E-state index contributed by atoms with van der Waals surface area (Å²) in [5, 5.41) is 21.6. The van der Waals surface area contributed by atoms with E-state index in [0.717, 1.165) is 18.9 Å². The number of benzene rings is 2. The van der Waals surface area contributed by atoms with Gasteiger partial charge in [0.05, 0.1) is 29.6 Å².